The van der Waals surface area contributed by atoms with E-state index in [1.807, 2.05) is 18.4 Å². The second-order valence-corrected chi connectivity index (χ2v) is 3.70. The Balaban J connectivity index is 2.62. The molecule has 0 amide bonds. The van der Waals surface area contributed by atoms with Gasteiger partial charge < -0.3 is 9.30 Å². The number of ether oxygens (including phenoxy) is 1. The van der Waals surface area contributed by atoms with Gasteiger partial charge in [0.2, 0.25) is 0 Å². The largest absolute Gasteiger partial charge is 0.466 e. The van der Waals surface area contributed by atoms with Crippen LogP contribution in [0.4, 0.5) is 0 Å². The highest BCUT2D eigenvalue weighted by Gasteiger charge is 2.15. The zero-order valence-electron chi connectivity index (χ0n) is 9.77. The fourth-order valence-electron chi connectivity index (χ4n) is 1.20. The van der Waals surface area contributed by atoms with Gasteiger partial charge in [-0.1, -0.05) is 0 Å². The average molecular weight is 224 g/mol. The van der Waals surface area contributed by atoms with Crippen LogP contribution in [0.15, 0.2) is 12.5 Å². The molecule has 0 N–H and O–H groups in total. The van der Waals surface area contributed by atoms with Crippen LogP contribution < -0.4 is 0 Å². The molecule has 0 saturated carbocycles. The molecule has 0 bridgehead atoms. The number of hydrogen-bond acceptors (Lipinski definition) is 4. The SMILES string of the molecule is CCOC(=O)CC(=O)c1cn(C(C)C)cn1. The number of ketones is 1. The summed E-state index contributed by atoms with van der Waals surface area (Å²) >= 11 is 0. The molecular formula is C11H16N2O3. The Morgan fingerprint density at radius 3 is 2.69 bits per heavy atom. The number of aromatic nitrogens is 2. The summed E-state index contributed by atoms with van der Waals surface area (Å²) in [5.41, 5.74) is 0.307. The highest BCUT2D eigenvalue weighted by atomic mass is 16.5. The van der Waals surface area contributed by atoms with E-state index >= 15 is 0 Å². The molecule has 1 aromatic rings. The van der Waals surface area contributed by atoms with Gasteiger partial charge in [-0.3, -0.25) is 9.59 Å². The minimum atomic E-state index is -0.508. The summed E-state index contributed by atoms with van der Waals surface area (Å²) in [6.45, 7) is 5.96. The van der Waals surface area contributed by atoms with Crippen molar-refractivity contribution in [1.29, 1.82) is 0 Å². The van der Waals surface area contributed by atoms with Crippen molar-refractivity contribution in [3.05, 3.63) is 18.2 Å². The standard InChI is InChI=1S/C11H16N2O3/c1-4-16-11(15)5-10(14)9-6-13(7-12-9)8(2)3/h6-8H,4-5H2,1-3H3. The Morgan fingerprint density at radius 2 is 2.19 bits per heavy atom. The molecule has 5 nitrogen and oxygen atoms in total. The number of rotatable bonds is 5. The Labute approximate surface area is 94.4 Å². The topological polar surface area (TPSA) is 61.2 Å². The zero-order valence-corrected chi connectivity index (χ0v) is 9.77. The van der Waals surface area contributed by atoms with Crippen LogP contribution >= 0.6 is 0 Å². The van der Waals surface area contributed by atoms with Crippen molar-refractivity contribution in [2.24, 2.45) is 0 Å². The maximum atomic E-state index is 11.6. The van der Waals surface area contributed by atoms with E-state index in [0.717, 1.165) is 0 Å². The summed E-state index contributed by atoms with van der Waals surface area (Å²) < 4.78 is 6.51. The Hall–Kier alpha value is -1.65. The molecule has 0 fully saturated rings. The number of Topliss-reactive ketones (excluding diaryl/α,β-unsaturated/α-hetero) is 1. The molecule has 0 spiro atoms. The van der Waals surface area contributed by atoms with E-state index in [9.17, 15) is 9.59 Å². The van der Waals surface area contributed by atoms with E-state index in [1.54, 1.807) is 19.4 Å². The minimum Gasteiger partial charge on any atom is -0.466 e. The van der Waals surface area contributed by atoms with E-state index < -0.39 is 5.97 Å². The number of carbonyl (C=O) groups excluding carboxylic acids is 2. The number of esters is 1. The molecule has 1 rings (SSSR count). The van der Waals surface area contributed by atoms with Crippen LogP contribution in [-0.2, 0) is 9.53 Å². The van der Waals surface area contributed by atoms with Gasteiger partial charge in [0.15, 0.2) is 5.78 Å². The quantitative estimate of drug-likeness (QED) is 0.433. The van der Waals surface area contributed by atoms with Crippen molar-refractivity contribution >= 4 is 11.8 Å². The van der Waals surface area contributed by atoms with Crippen LogP contribution in [0.25, 0.3) is 0 Å². The lowest BCUT2D eigenvalue weighted by Gasteiger charge is -2.03. The Morgan fingerprint density at radius 1 is 1.50 bits per heavy atom. The van der Waals surface area contributed by atoms with Crippen LogP contribution in [0.2, 0.25) is 0 Å². The first-order valence-electron chi connectivity index (χ1n) is 5.27. The molecule has 0 aliphatic carbocycles. The second-order valence-electron chi connectivity index (χ2n) is 3.70. The summed E-state index contributed by atoms with van der Waals surface area (Å²) in [5, 5.41) is 0. The predicted molar refractivity (Wildman–Crippen MR) is 58.2 cm³/mol. The molecule has 0 radical (unpaired) electrons. The smallest absolute Gasteiger partial charge is 0.313 e. The molecule has 0 aromatic carbocycles. The molecular weight excluding hydrogens is 208 g/mol. The highest BCUT2D eigenvalue weighted by molar-refractivity contribution is 6.04. The van der Waals surface area contributed by atoms with Gasteiger partial charge in [0.05, 0.1) is 12.9 Å². The third-order valence-corrected chi connectivity index (χ3v) is 2.09. The normalized spacial score (nSPS) is 10.5. The molecule has 0 atom stereocenters. The molecule has 0 aliphatic heterocycles. The van der Waals surface area contributed by atoms with Crippen molar-refractivity contribution in [1.82, 2.24) is 9.55 Å². The molecule has 0 unspecified atom stereocenters. The van der Waals surface area contributed by atoms with Gasteiger partial charge in [-0.05, 0) is 20.8 Å². The van der Waals surface area contributed by atoms with Crippen LogP contribution in [0.3, 0.4) is 0 Å². The number of carbonyl (C=O) groups is 2. The van der Waals surface area contributed by atoms with Crippen molar-refractivity contribution in [2.45, 2.75) is 33.2 Å². The van der Waals surface area contributed by atoms with Crippen LogP contribution in [0.5, 0.6) is 0 Å². The van der Waals surface area contributed by atoms with Crippen molar-refractivity contribution in [3.63, 3.8) is 0 Å². The van der Waals surface area contributed by atoms with Crippen LogP contribution in [-0.4, -0.2) is 27.9 Å². The maximum Gasteiger partial charge on any atom is 0.313 e. The van der Waals surface area contributed by atoms with Gasteiger partial charge in [-0.15, -0.1) is 0 Å². The van der Waals surface area contributed by atoms with E-state index in [2.05, 4.69) is 4.98 Å². The summed E-state index contributed by atoms with van der Waals surface area (Å²) in [4.78, 5) is 26.6. The van der Waals surface area contributed by atoms with Crippen molar-refractivity contribution in [3.8, 4) is 0 Å². The molecule has 0 aliphatic rings. The highest BCUT2D eigenvalue weighted by Crippen LogP contribution is 2.07. The van der Waals surface area contributed by atoms with Crippen LogP contribution in [0, 0.1) is 0 Å². The molecule has 1 heterocycles. The first-order valence-corrected chi connectivity index (χ1v) is 5.27. The lowest BCUT2D eigenvalue weighted by atomic mass is 10.2. The van der Waals surface area contributed by atoms with Gasteiger partial charge in [0.1, 0.15) is 12.1 Å². The summed E-state index contributed by atoms with van der Waals surface area (Å²) in [7, 11) is 0. The first-order chi connectivity index (χ1) is 7.54. The van der Waals surface area contributed by atoms with Crippen molar-refractivity contribution < 1.29 is 14.3 Å². The molecule has 0 saturated heterocycles. The first kappa shape index (κ1) is 12.4. The fourth-order valence-corrected chi connectivity index (χ4v) is 1.20. The van der Waals surface area contributed by atoms with E-state index in [-0.39, 0.29) is 24.9 Å². The van der Waals surface area contributed by atoms with Crippen molar-refractivity contribution in [2.75, 3.05) is 6.61 Å². The summed E-state index contributed by atoms with van der Waals surface area (Å²) in [6.07, 6.45) is 2.98. The fraction of sp³-hybridized carbons (Fsp3) is 0.545. The van der Waals surface area contributed by atoms with E-state index in [1.165, 1.54) is 0 Å². The van der Waals surface area contributed by atoms with Gasteiger partial charge >= 0.3 is 5.97 Å². The third kappa shape index (κ3) is 3.18. The van der Waals surface area contributed by atoms with Gasteiger partial charge in [0.25, 0.3) is 0 Å². The molecule has 16 heavy (non-hydrogen) atoms. The number of hydrogen-bond donors (Lipinski definition) is 0. The second kappa shape index (κ2) is 5.44. The Kier molecular flexibility index (Phi) is 4.22. The molecule has 1 aromatic heterocycles. The lowest BCUT2D eigenvalue weighted by Crippen LogP contribution is -2.11. The molecule has 5 heteroatoms. The summed E-state index contributed by atoms with van der Waals surface area (Å²) in [5.74, 6) is -0.815. The van der Waals surface area contributed by atoms with E-state index in [0.29, 0.717) is 5.69 Å². The predicted octanol–water partition coefficient (Wildman–Crippen LogP) is 1.60. The zero-order chi connectivity index (χ0) is 12.1. The average Bonchev–Trinajstić information content (AvgIpc) is 2.66. The maximum absolute atomic E-state index is 11.6. The van der Waals surface area contributed by atoms with Gasteiger partial charge in [0, 0.05) is 12.2 Å². The monoisotopic (exact) mass is 224 g/mol. The minimum absolute atomic E-state index is 0.247. The van der Waals surface area contributed by atoms with Crippen LogP contribution in [0.1, 0.15) is 43.7 Å². The molecule has 88 valence electrons. The van der Waals surface area contributed by atoms with E-state index in [4.69, 9.17) is 4.74 Å². The third-order valence-electron chi connectivity index (χ3n) is 2.09. The van der Waals surface area contributed by atoms with Gasteiger partial charge in [-0.2, -0.15) is 0 Å². The summed E-state index contributed by atoms with van der Waals surface area (Å²) in [6, 6.07) is 0.247. The number of imidazole rings is 1. The Bertz CT molecular complexity index is 382. The number of nitrogens with zero attached hydrogens (tertiary/aromatic N) is 2. The lowest BCUT2D eigenvalue weighted by molar-refractivity contribution is -0.141. The van der Waals surface area contributed by atoms with Gasteiger partial charge in [-0.25, -0.2) is 4.98 Å².